The molecule has 0 aliphatic heterocycles. The minimum atomic E-state index is -0.399. The second-order valence-corrected chi connectivity index (χ2v) is 8.60. The van der Waals surface area contributed by atoms with E-state index in [4.69, 9.17) is 15.2 Å². The summed E-state index contributed by atoms with van der Waals surface area (Å²) in [6, 6.07) is 24.9. The molecule has 0 fully saturated rings. The number of nitrogens with one attached hydrogen (secondary N) is 2. The number of methoxy groups -OCH3 is 2. The summed E-state index contributed by atoms with van der Waals surface area (Å²) in [5, 5.41) is 5.69. The summed E-state index contributed by atoms with van der Waals surface area (Å²) in [6.07, 6.45) is 1.70. The summed E-state index contributed by atoms with van der Waals surface area (Å²) >= 11 is 0. The number of para-hydroxylation sites is 2. The van der Waals surface area contributed by atoms with Gasteiger partial charge in [0.05, 0.1) is 25.6 Å². The Morgan fingerprint density at radius 2 is 1.51 bits per heavy atom. The number of carbonyl (C=O) groups is 2. The number of anilines is 2. The molecule has 198 valence electrons. The Labute approximate surface area is 226 Å². The molecule has 0 radical (unpaired) electrons. The fourth-order valence-corrected chi connectivity index (χ4v) is 3.88. The zero-order chi connectivity index (χ0) is 27.8. The lowest BCUT2D eigenvalue weighted by molar-refractivity contribution is -0.115. The second-order valence-electron chi connectivity index (χ2n) is 8.60. The number of hydrogen-bond acceptors (Lipinski definition) is 5. The number of carbonyl (C=O) groups excluding carboxylic acids is 2. The number of nitrogen functional groups attached to an aromatic ring is 1. The fourth-order valence-electron chi connectivity index (χ4n) is 3.88. The van der Waals surface area contributed by atoms with E-state index in [1.165, 1.54) is 19.2 Å². The maximum Gasteiger partial charge on any atom is 0.255 e. The van der Waals surface area contributed by atoms with Crippen molar-refractivity contribution < 1.29 is 23.5 Å². The fraction of sp³-hybridized carbons (Fsp3) is 0.0968. The van der Waals surface area contributed by atoms with Crippen LogP contribution in [-0.2, 0) is 11.3 Å². The van der Waals surface area contributed by atoms with Gasteiger partial charge in [0.15, 0.2) is 11.5 Å². The first-order valence-corrected chi connectivity index (χ1v) is 12.1. The molecular weight excluding hydrogens is 497 g/mol. The van der Waals surface area contributed by atoms with Crippen LogP contribution in [0.4, 0.5) is 15.8 Å². The topological polar surface area (TPSA) is 103 Å². The number of amides is 2. The largest absolute Gasteiger partial charge is 0.493 e. The molecule has 0 heterocycles. The van der Waals surface area contributed by atoms with Gasteiger partial charge < -0.3 is 25.8 Å². The highest BCUT2D eigenvalue weighted by molar-refractivity contribution is 6.24. The van der Waals surface area contributed by atoms with Crippen LogP contribution >= 0.6 is 0 Å². The van der Waals surface area contributed by atoms with Crippen LogP contribution in [0.5, 0.6) is 11.5 Å². The predicted octanol–water partition coefficient (Wildman–Crippen LogP) is 5.53. The van der Waals surface area contributed by atoms with Crippen LogP contribution in [0.1, 0.15) is 27.0 Å². The Morgan fingerprint density at radius 3 is 2.18 bits per heavy atom. The monoisotopic (exact) mass is 525 g/mol. The Morgan fingerprint density at radius 1 is 0.846 bits per heavy atom. The van der Waals surface area contributed by atoms with Crippen molar-refractivity contribution in [1.29, 1.82) is 0 Å². The highest BCUT2D eigenvalue weighted by Crippen LogP contribution is 2.29. The molecule has 4 aromatic rings. The average molecular weight is 526 g/mol. The maximum absolute atomic E-state index is 13.6. The number of hydrogen-bond donors (Lipinski definition) is 3. The molecule has 0 unspecified atom stereocenters. The zero-order valence-corrected chi connectivity index (χ0v) is 21.5. The molecule has 0 bridgehead atoms. The molecule has 0 saturated heterocycles. The molecule has 0 spiro atoms. The summed E-state index contributed by atoms with van der Waals surface area (Å²) in [4.78, 5) is 25.9. The van der Waals surface area contributed by atoms with Crippen molar-refractivity contribution in [2.45, 2.75) is 6.54 Å². The molecule has 0 aliphatic carbocycles. The molecule has 39 heavy (non-hydrogen) atoms. The van der Waals surface area contributed by atoms with Crippen molar-refractivity contribution in [2.75, 3.05) is 25.3 Å². The van der Waals surface area contributed by atoms with Crippen LogP contribution in [0.2, 0.25) is 0 Å². The molecule has 4 aromatic carbocycles. The molecule has 0 saturated carbocycles. The maximum atomic E-state index is 13.6. The highest BCUT2D eigenvalue weighted by atomic mass is 19.1. The minimum absolute atomic E-state index is 0.219. The van der Waals surface area contributed by atoms with Crippen LogP contribution in [0, 0.1) is 5.82 Å². The standard InChI is InChI=1S/C31H28FN3O4/c1-38-28-16-9-21(18-29(28)39-2)17-25(22-12-14-24(32)15-13-22)31(37)34-19-20-7-10-23(11-8-20)30(36)35-27-6-4-3-5-26(27)33/h3-18H,19,33H2,1-2H3,(H,34,37)(H,35,36)/b25-17+. The average Bonchev–Trinajstić information content (AvgIpc) is 2.96. The van der Waals surface area contributed by atoms with E-state index in [0.717, 1.165) is 5.56 Å². The normalized spacial score (nSPS) is 11.0. The summed E-state index contributed by atoms with van der Waals surface area (Å²) < 4.78 is 24.2. The van der Waals surface area contributed by atoms with Crippen molar-refractivity contribution in [3.05, 3.63) is 119 Å². The van der Waals surface area contributed by atoms with E-state index < -0.39 is 5.82 Å². The van der Waals surface area contributed by atoms with E-state index >= 15 is 0 Å². The van der Waals surface area contributed by atoms with Gasteiger partial charge in [-0.05, 0) is 71.3 Å². The van der Waals surface area contributed by atoms with E-state index in [2.05, 4.69) is 10.6 Å². The zero-order valence-electron chi connectivity index (χ0n) is 21.5. The van der Waals surface area contributed by atoms with Crippen LogP contribution in [0.15, 0.2) is 91.0 Å². The van der Waals surface area contributed by atoms with Gasteiger partial charge in [-0.2, -0.15) is 0 Å². The van der Waals surface area contributed by atoms with Gasteiger partial charge in [-0.15, -0.1) is 0 Å². The smallest absolute Gasteiger partial charge is 0.255 e. The Kier molecular flexibility index (Phi) is 8.58. The first kappa shape index (κ1) is 26.9. The van der Waals surface area contributed by atoms with Gasteiger partial charge in [0.25, 0.3) is 11.8 Å². The SMILES string of the molecule is COc1ccc(/C=C(/C(=O)NCc2ccc(C(=O)Nc3ccccc3N)cc2)c2ccc(F)cc2)cc1OC. The van der Waals surface area contributed by atoms with Gasteiger partial charge in [0.2, 0.25) is 0 Å². The van der Waals surface area contributed by atoms with Crippen molar-refractivity contribution in [3.8, 4) is 11.5 Å². The molecule has 8 heteroatoms. The molecule has 4 N–H and O–H groups in total. The summed E-state index contributed by atoms with van der Waals surface area (Å²) in [7, 11) is 3.08. The van der Waals surface area contributed by atoms with Gasteiger partial charge in [0, 0.05) is 17.7 Å². The van der Waals surface area contributed by atoms with Crippen molar-refractivity contribution in [1.82, 2.24) is 5.32 Å². The minimum Gasteiger partial charge on any atom is -0.493 e. The van der Waals surface area contributed by atoms with Gasteiger partial charge >= 0.3 is 0 Å². The van der Waals surface area contributed by atoms with Crippen molar-refractivity contribution in [2.24, 2.45) is 0 Å². The molecular formula is C31H28FN3O4. The summed E-state index contributed by atoms with van der Waals surface area (Å²) in [5.74, 6) is 0.0393. The lowest BCUT2D eigenvalue weighted by Gasteiger charge is -2.12. The quantitative estimate of drug-likeness (QED) is 0.151. The van der Waals surface area contributed by atoms with E-state index in [1.54, 1.807) is 92.0 Å². The number of benzene rings is 4. The Hall–Kier alpha value is -5.11. The molecule has 0 aromatic heterocycles. The third kappa shape index (κ3) is 6.81. The Balaban J connectivity index is 1.50. The molecule has 2 amide bonds. The van der Waals surface area contributed by atoms with Gasteiger partial charge in [-0.3, -0.25) is 9.59 Å². The van der Waals surface area contributed by atoms with E-state index in [0.29, 0.717) is 45.1 Å². The first-order valence-electron chi connectivity index (χ1n) is 12.1. The third-order valence-electron chi connectivity index (χ3n) is 6.00. The number of halogens is 1. The van der Waals surface area contributed by atoms with Crippen LogP contribution in [-0.4, -0.2) is 26.0 Å². The third-order valence-corrected chi connectivity index (χ3v) is 6.00. The van der Waals surface area contributed by atoms with Crippen molar-refractivity contribution >= 4 is 34.8 Å². The number of rotatable bonds is 9. The molecule has 0 atom stereocenters. The Bertz CT molecular complexity index is 1500. The summed E-state index contributed by atoms with van der Waals surface area (Å²) in [5.41, 5.74) is 9.76. The van der Waals surface area contributed by atoms with E-state index in [9.17, 15) is 14.0 Å². The van der Waals surface area contributed by atoms with E-state index in [-0.39, 0.29) is 18.4 Å². The van der Waals surface area contributed by atoms with E-state index in [1.807, 2.05) is 0 Å². The summed E-state index contributed by atoms with van der Waals surface area (Å²) in [6.45, 7) is 0.219. The highest BCUT2D eigenvalue weighted by Gasteiger charge is 2.14. The lowest BCUT2D eigenvalue weighted by atomic mass is 10.0. The van der Waals surface area contributed by atoms with Crippen molar-refractivity contribution in [3.63, 3.8) is 0 Å². The molecule has 4 rings (SSSR count). The molecule has 7 nitrogen and oxygen atoms in total. The van der Waals surface area contributed by atoms with Gasteiger partial charge in [-0.1, -0.05) is 42.5 Å². The number of nitrogens with two attached hydrogens (primary N) is 1. The van der Waals surface area contributed by atoms with Gasteiger partial charge in [0.1, 0.15) is 5.82 Å². The first-order chi connectivity index (χ1) is 18.9. The second kappa shape index (κ2) is 12.4. The predicted molar refractivity (Wildman–Crippen MR) is 151 cm³/mol. The van der Waals surface area contributed by atoms with Crippen LogP contribution in [0.3, 0.4) is 0 Å². The lowest BCUT2D eigenvalue weighted by Crippen LogP contribution is -2.24. The number of ether oxygens (including phenoxy) is 2. The van der Waals surface area contributed by atoms with Gasteiger partial charge in [-0.25, -0.2) is 4.39 Å². The van der Waals surface area contributed by atoms with Crippen LogP contribution < -0.4 is 25.8 Å². The van der Waals surface area contributed by atoms with Crippen LogP contribution in [0.25, 0.3) is 11.6 Å². The molecule has 0 aliphatic rings.